The van der Waals surface area contributed by atoms with Crippen LogP contribution in [0.4, 0.5) is 5.69 Å². The van der Waals surface area contributed by atoms with Crippen molar-refractivity contribution >= 4 is 51.8 Å². The monoisotopic (exact) mass is 626 g/mol. The van der Waals surface area contributed by atoms with Crippen LogP contribution in [0.5, 0.6) is 0 Å². The van der Waals surface area contributed by atoms with Crippen LogP contribution in [0.15, 0.2) is 48.7 Å². The fraction of sp³-hybridized carbons (Fsp3) is 0.485. The molecule has 0 aliphatic carbocycles. The Labute approximate surface area is 262 Å². The third-order valence-corrected chi connectivity index (χ3v) is 10.2. The Hall–Kier alpha value is -2.59. The van der Waals surface area contributed by atoms with E-state index in [1.54, 1.807) is 29.2 Å². The minimum Gasteiger partial charge on any atom is -0.389 e. The maximum absolute atomic E-state index is 12.7. The average molecular weight is 628 g/mol. The first-order chi connectivity index (χ1) is 20.8. The van der Waals surface area contributed by atoms with E-state index in [1.807, 2.05) is 0 Å². The number of ether oxygens (including phenoxy) is 1. The summed E-state index contributed by atoms with van der Waals surface area (Å²) in [4.78, 5) is 22.6. The minimum atomic E-state index is -1.20. The van der Waals surface area contributed by atoms with E-state index < -0.39 is 11.7 Å². The molecule has 0 saturated carbocycles. The maximum atomic E-state index is 12.7. The first-order valence-corrected chi connectivity index (χ1v) is 16.0. The number of aromatic nitrogens is 1. The van der Waals surface area contributed by atoms with Gasteiger partial charge < -0.3 is 34.6 Å². The Morgan fingerprint density at radius 3 is 2.49 bits per heavy atom. The van der Waals surface area contributed by atoms with E-state index in [4.69, 9.17) is 27.9 Å². The molecular weight excluding hydrogens is 587 g/mol. The van der Waals surface area contributed by atoms with Gasteiger partial charge in [0.2, 0.25) is 5.91 Å². The zero-order chi connectivity index (χ0) is 30.0. The van der Waals surface area contributed by atoms with Crippen molar-refractivity contribution in [3.05, 3.63) is 69.8 Å². The molecule has 3 aliphatic rings. The van der Waals surface area contributed by atoms with E-state index in [0.717, 1.165) is 57.8 Å². The molecule has 4 heterocycles. The molecule has 1 atom stereocenters. The molecule has 8 nitrogen and oxygen atoms in total. The van der Waals surface area contributed by atoms with Crippen LogP contribution in [0.1, 0.15) is 42.7 Å². The Bertz CT molecular complexity index is 1450. The third kappa shape index (κ3) is 6.90. The highest BCUT2D eigenvalue weighted by Gasteiger charge is 2.40. The van der Waals surface area contributed by atoms with Crippen LogP contribution in [0.25, 0.3) is 17.0 Å². The van der Waals surface area contributed by atoms with E-state index in [-0.39, 0.29) is 5.91 Å². The molecule has 3 saturated heterocycles. The number of β-amino-alcohol motifs (C(OH)–C–C–N with tert-alkyl or cyclic N) is 1. The van der Waals surface area contributed by atoms with Gasteiger partial charge in [0.25, 0.3) is 0 Å². The number of nitrogens with zero attached hydrogens (tertiary/aromatic N) is 3. The number of fused-ring (bicyclic) bond motifs is 1. The van der Waals surface area contributed by atoms with Gasteiger partial charge in [0.1, 0.15) is 0 Å². The molecule has 3 aromatic rings. The lowest BCUT2D eigenvalue weighted by Crippen LogP contribution is -2.56. The molecule has 43 heavy (non-hydrogen) atoms. The van der Waals surface area contributed by atoms with E-state index in [2.05, 4.69) is 39.2 Å². The molecule has 3 aliphatic heterocycles. The van der Waals surface area contributed by atoms with Gasteiger partial charge >= 0.3 is 0 Å². The van der Waals surface area contributed by atoms with Crippen LogP contribution in [-0.4, -0.2) is 102 Å². The largest absolute Gasteiger partial charge is 0.389 e. The van der Waals surface area contributed by atoms with Crippen molar-refractivity contribution in [3.8, 4) is 0 Å². The lowest BCUT2D eigenvalue weighted by Gasteiger charge is -2.43. The highest BCUT2D eigenvalue weighted by Crippen LogP contribution is 2.36. The van der Waals surface area contributed by atoms with Crippen LogP contribution < -0.4 is 4.90 Å². The molecule has 1 amide bonds. The van der Waals surface area contributed by atoms with Crippen molar-refractivity contribution in [1.29, 1.82) is 0 Å². The number of aliphatic hydroxyl groups is 2. The molecule has 2 aromatic carbocycles. The number of anilines is 1. The number of benzene rings is 2. The number of hydrogen-bond donors (Lipinski definition) is 3. The zero-order valence-electron chi connectivity index (χ0n) is 24.4. The van der Waals surface area contributed by atoms with Gasteiger partial charge in [0, 0.05) is 61.6 Å². The Morgan fingerprint density at radius 1 is 1.02 bits per heavy atom. The van der Waals surface area contributed by atoms with Crippen LogP contribution in [0.3, 0.4) is 0 Å². The van der Waals surface area contributed by atoms with E-state index in [9.17, 15) is 15.0 Å². The van der Waals surface area contributed by atoms with Crippen molar-refractivity contribution in [3.63, 3.8) is 0 Å². The molecular formula is C33H40Cl2N4O4. The number of H-pyrrole nitrogens is 1. The van der Waals surface area contributed by atoms with Crippen molar-refractivity contribution in [2.75, 3.05) is 63.9 Å². The number of aliphatic hydroxyl groups excluding tert-OH is 1. The van der Waals surface area contributed by atoms with Crippen LogP contribution in [-0.2, 0) is 9.53 Å². The van der Waals surface area contributed by atoms with Crippen molar-refractivity contribution in [1.82, 2.24) is 14.8 Å². The fourth-order valence-electron chi connectivity index (χ4n) is 6.66. The smallest absolute Gasteiger partial charge is 0.246 e. The predicted octanol–water partition coefficient (Wildman–Crippen LogP) is 4.92. The van der Waals surface area contributed by atoms with Gasteiger partial charge in [-0.2, -0.15) is 0 Å². The number of carbonyl (C=O) groups is 1. The molecule has 1 aromatic heterocycles. The molecule has 10 heteroatoms. The number of halogens is 2. The van der Waals surface area contributed by atoms with Crippen molar-refractivity contribution in [2.45, 2.75) is 43.3 Å². The normalized spacial score (nSPS) is 21.1. The molecule has 1 unspecified atom stereocenters. The number of nitrogens with one attached hydrogen (secondary N) is 1. The molecule has 0 spiro atoms. The van der Waals surface area contributed by atoms with Crippen molar-refractivity contribution in [2.24, 2.45) is 0 Å². The molecule has 230 valence electrons. The fourth-order valence-corrected chi connectivity index (χ4v) is 6.97. The maximum Gasteiger partial charge on any atom is 0.246 e. The SMILES string of the molecule is O=C(C=Cc1ccc(Cl)c(Cl)c1)N1CCC(O)(C(O)CN2CCC(c3c[nH]c4ccc(N5CCOCC5)cc34)CC2)CC1. The number of morpholine rings is 1. The van der Waals surface area contributed by atoms with Crippen LogP contribution >= 0.6 is 23.2 Å². The number of piperidine rings is 2. The number of amides is 1. The third-order valence-electron chi connectivity index (χ3n) is 9.46. The zero-order valence-corrected chi connectivity index (χ0v) is 25.9. The van der Waals surface area contributed by atoms with Crippen LogP contribution in [0, 0.1) is 0 Å². The van der Waals surface area contributed by atoms with Gasteiger partial charge in [-0.1, -0.05) is 29.3 Å². The molecule has 6 rings (SSSR count). The van der Waals surface area contributed by atoms with Gasteiger partial charge in [-0.25, -0.2) is 0 Å². The van der Waals surface area contributed by atoms with Gasteiger partial charge in [-0.05, 0) is 92.2 Å². The molecule has 0 radical (unpaired) electrons. The molecule has 3 N–H and O–H groups in total. The molecule has 3 fully saturated rings. The topological polar surface area (TPSA) is 92.3 Å². The average Bonchev–Trinajstić information content (AvgIpc) is 3.46. The Balaban J connectivity index is 0.994. The summed E-state index contributed by atoms with van der Waals surface area (Å²) >= 11 is 12.0. The lowest BCUT2D eigenvalue weighted by molar-refractivity contribution is -0.140. The van der Waals surface area contributed by atoms with Crippen LogP contribution in [0.2, 0.25) is 10.0 Å². The van der Waals surface area contributed by atoms with Gasteiger partial charge in [-0.3, -0.25) is 4.79 Å². The first-order valence-electron chi connectivity index (χ1n) is 15.3. The summed E-state index contributed by atoms with van der Waals surface area (Å²) in [6.45, 7) is 6.35. The number of rotatable bonds is 7. The Kier molecular flexibility index (Phi) is 9.33. The number of hydrogen-bond acceptors (Lipinski definition) is 6. The summed E-state index contributed by atoms with van der Waals surface area (Å²) < 4.78 is 5.53. The lowest BCUT2D eigenvalue weighted by atomic mass is 9.84. The van der Waals surface area contributed by atoms with E-state index >= 15 is 0 Å². The Morgan fingerprint density at radius 2 is 1.77 bits per heavy atom. The highest BCUT2D eigenvalue weighted by molar-refractivity contribution is 6.42. The van der Waals surface area contributed by atoms with E-state index in [0.29, 0.717) is 48.4 Å². The van der Waals surface area contributed by atoms with Crippen molar-refractivity contribution < 1.29 is 19.7 Å². The number of likely N-dealkylation sites (tertiary alicyclic amines) is 2. The summed E-state index contributed by atoms with van der Waals surface area (Å²) in [5.41, 5.74) is 3.38. The summed E-state index contributed by atoms with van der Waals surface area (Å²) in [7, 11) is 0. The summed E-state index contributed by atoms with van der Waals surface area (Å²) in [5, 5.41) is 24.6. The summed E-state index contributed by atoms with van der Waals surface area (Å²) in [6, 6.07) is 11.9. The second kappa shape index (κ2) is 13.2. The predicted molar refractivity (Wildman–Crippen MR) is 172 cm³/mol. The minimum absolute atomic E-state index is 0.126. The summed E-state index contributed by atoms with van der Waals surface area (Å²) in [6.07, 6.45) is 7.24. The van der Waals surface area contributed by atoms with Gasteiger partial charge in [0.15, 0.2) is 0 Å². The highest BCUT2D eigenvalue weighted by atomic mass is 35.5. The van der Waals surface area contributed by atoms with E-state index in [1.165, 1.54) is 28.2 Å². The number of aromatic amines is 1. The van der Waals surface area contributed by atoms with Gasteiger partial charge in [0.05, 0.1) is 35.0 Å². The number of carbonyl (C=O) groups excluding carboxylic acids is 1. The van der Waals surface area contributed by atoms with Gasteiger partial charge in [-0.15, -0.1) is 0 Å². The quantitative estimate of drug-likeness (QED) is 0.323. The molecule has 0 bridgehead atoms. The first kappa shape index (κ1) is 30.4. The summed E-state index contributed by atoms with van der Waals surface area (Å²) in [5.74, 6) is 0.329. The standard InChI is InChI=1S/C33H40Cl2N4O4/c34-28-4-1-23(19-29(28)35)2-6-32(41)39-13-9-33(42,10-14-39)31(40)22-37-11-7-24(8-12-37)27-21-36-30-5-3-25(20-26(27)30)38-15-17-43-18-16-38/h1-6,19-21,24,31,36,40,42H,7-18,22H2. The second-order valence-corrected chi connectivity index (χ2v) is 12.9. The second-order valence-electron chi connectivity index (χ2n) is 12.1.